The van der Waals surface area contributed by atoms with Crippen LogP contribution in [0.5, 0.6) is 0 Å². The zero-order valence-electron chi connectivity index (χ0n) is 38.6. The second kappa shape index (κ2) is 40.8. The second-order valence-corrected chi connectivity index (χ2v) is 17.0. The van der Waals surface area contributed by atoms with Gasteiger partial charge in [0, 0.05) is 13.0 Å². The summed E-state index contributed by atoms with van der Waals surface area (Å²) in [6.07, 6.45) is 44.8. The number of hydrogen-bond acceptors (Lipinski definition) is 11. The van der Waals surface area contributed by atoms with Gasteiger partial charge in [-0.25, -0.2) is 4.18 Å². The monoisotopic (exact) mass is 909 g/mol. The SMILES string of the molecule is CC/C=C\C/C=C\C/C=C\C/C=C\C/C=C\C/C=C\C/C=C\CCCCCC(=O)OC(COCCCCCCCCCCCCC)COC1OC(CO)C(O)C(OS(=O)(=O)O)C1O. The first-order chi connectivity index (χ1) is 30.6. The molecule has 0 spiro atoms. The first-order valence-electron chi connectivity index (χ1n) is 23.8. The van der Waals surface area contributed by atoms with Gasteiger partial charge in [0.1, 0.15) is 30.5 Å². The molecule has 1 heterocycles. The number of aliphatic hydroxyl groups is 3. The molecule has 63 heavy (non-hydrogen) atoms. The highest BCUT2D eigenvalue weighted by Gasteiger charge is 2.48. The molecule has 362 valence electrons. The molecule has 1 rings (SSSR count). The highest BCUT2D eigenvalue weighted by atomic mass is 32.3. The summed E-state index contributed by atoms with van der Waals surface area (Å²) >= 11 is 0. The maximum absolute atomic E-state index is 12.9. The van der Waals surface area contributed by atoms with Crippen molar-refractivity contribution in [2.45, 2.75) is 198 Å². The molecule has 13 heteroatoms. The molecule has 1 aliphatic rings. The number of ether oxygens (including phenoxy) is 4. The number of carbonyl (C=O) groups excluding carboxylic acids is 1. The van der Waals surface area contributed by atoms with E-state index in [1.165, 1.54) is 51.4 Å². The van der Waals surface area contributed by atoms with Crippen LogP contribution in [-0.2, 0) is 38.3 Å². The predicted molar refractivity (Wildman–Crippen MR) is 252 cm³/mol. The van der Waals surface area contributed by atoms with Crippen LogP contribution in [0, 0.1) is 0 Å². The van der Waals surface area contributed by atoms with Crippen LogP contribution in [0.4, 0.5) is 0 Å². The zero-order chi connectivity index (χ0) is 46.1. The van der Waals surface area contributed by atoms with Gasteiger partial charge in [-0.05, 0) is 70.6 Å². The topological polar surface area (TPSA) is 178 Å². The van der Waals surface area contributed by atoms with E-state index in [0.29, 0.717) is 13.0 Å². The van der Waals surface area contributed by atoms with E-state index in [1.807, 2.05) is 0 Å². The van der Waals surface area contributed by atoms with Crippen molar-refractivity contribution in [2.24, 2.45) is 0 Å². The molecule has 0 radical (unpaired) electrons. The third-order valence-corrected chi connectivity index (χ3v) is 10.7. The summed E-state index contributed by atoms with van der Waals surface area (Å²) in [6.45, 7) is 3.81. The van der Waals surface area contributed by atoms with Crippen molar-refractivity contribution >= 4 is 16.4 Å². The molecule has 1 aliphatic heterocycles. The van der Waals surface area contributed by atoms with Crippen LogP contribution in [0.15, 0.2) is 85.1 Å². The van der Waals surface area contributed by atoms with Crippen molar-refractivity contribution in [3.05, 3.63) is 85.1 Å². The summed E-state index contributed by atoms with van der Waals surface area (Å²) < 4.78 is 59.0. The van der Waals surface area contributed by atoms with Gasteiger partial charge in [0.25, 0.3) is 0 Å². The summed E-state index contributed by atoms with van der Waals surface area (Å²) in [7, 11) is -5.07. The minimum absolute atomic E-state index is 0.0187. The summed E-state index contributed by atoms with van der Waals surface area (Å²) in [5, 5.41) is 30.7. The third kappa shape index (κ3) is 34.3. The van der Waals surface area contributed by atoms with E-state index < -0.39 is 59.8 Å². The second-order valence-electron chi connectivity index (χ2n) is 16.0. The van der Waals surface area contributed by atoms with Gasteiger partial charge in [0.15, 0.2) is 6.29 Å². The van der Waals surface area contributed by atoms with Gasteiger partial charge in [0.2, 0.25) is 0 Å². The average Bonchev–Trinajstić information content (AvgIpc) is 3.26. The first-order valence-corrected chi connectivity index (χ1v) is 25.2. The Bertz CT molecular complexity index is 1420. The standard InChI is InChI=1S/C50H84O12S/c1-3-5-7-9-11-13-15-16-17-18-19-20-21-22-23-24-25-26-27-28-29-31-33-35-37-39-46(52)60-44(42-58-40-38-36-34-32-30-14-12-10-8-6-4-2)43-59-50-48(54)49(62-63(55,56)57)47(53)45(41-51)61-50/h5,7,11,13,16-17,19-20,22-23,25-26,28-29,44-45,47-51,53-54H,3-4,6,8-10,12,14-15,18,21,24,27,30-43H2,1-2H3,(H,55,56,57)/b7-5-,13-11-,17-16-,20-19-,23-22-,26-25-,29-28-. The van der Waals surface area contributed by atoms with Crippen LogP contribution in [0.1, 0.15) is 162 Å². The molecule has 1 saturated heterocycles. The molecule has 12 nitrogen and oxygen atoms in total. The molecule has 0 bridgehead atoms. The average molecular weight is 909 g/mol. The molecule has 4 N–H and O–H groups in total. The normalized spacial score (nSPS) is 20.6. The van der Waals surface area contributed by atoms with Gasteiger partial charge >= 0.3 is 16.4 Å². The molecule has 0 aliphatic carbocycles. The number of carbonyl (C=O) groups is 1. The van der Waals surface area contributed by atoms with Crippen LogP contribution < -0.4 is 0 Å². The number of rotatable bonds is 40. The minimum atomic E-state index is -5.07. The Morgan fingerprint density at radius 2 is 1.10 bits per heavy atom. The predicted octanol–water partition coefficient (Wildman–Crippen LogP) is 10.5. The van der Waals surface area contributed by atoms with Gasteiger partial charge < -0.3 is 34.3 Å². The smallest absolute Gasteiger partial charge is 0.397 e. The van der Waals surface area contributed by atoms with Crippen molar-refractivity contribution < 1.29 is 56.2 Å². The molecule has 6 unspecified atom stereocenters. The van der Waals surface area contributed by atoms with E-state index in [1.54, 1.807) is 0 Å². The van der Waals surface area contributed by atoms with E-state index >= 15 is 0 Å². The largest absolute Gasteiger partial charge is 0.457 e. The van der Waals surface area contributed by atoms with E-state index in [-0.39, 0.29) is 19.6 Å². The van der Waals surface area contributed by atoms with Crippen molar-refractivity contribution in [1.29, 1.82) is 0 Å². The van der Waals surface area contributed by atoms with E-state index in [4.69, 9.17) is 23.5 Å². The Labute approximate surface area is 381 Å². The lowest BCUT2D eigenvalue weighted by molar-refractivity contribution is -0.301. The summed E-state index contributed by atoms with van der Waals surface area (Å²) in [5.74, 6) is -0.434. The van der Waals surface area contributed by atoms with E-state index in [9.17, 15) is 28.5 Å². The van der Waals surface area contributed by atoms with Crippen molar-refractivity contribution in [1.82, 2.24) is 0 Å². The van der Waals surface area contributed by atoms with Gasteiger partial charge in [-0.1, -0.05) is 170 Å². The number of aliphatic hydroxyl groups excluding tert-OH is 3. The molecular formula is C50H84O12S. The number of esters is 1. The lowest BCUT2D eigenvalue weighted by atomic mass is 9.99. The first kappa shape index (κ1) is 58.3. The van der Waals surface area contributed by atoms with Crippen LogP contribution in [0.2, 0.25) is 0 Å². The van der Waals surface area contributed by atoms with Gasteiger partial charge in [-0.2, -0.15) is 8.42 Å². The fourth-order valence-electron chi connectivity index (χ4n) is 6.71. The fourth-order valence-corrected chi connectivity index (χ4v) is 7.22. The number of hydrogen-bond donors (Lipinski definition) is 4. The number of unbranched alkanes of at least 4 members (excludes halogenated alkanes) is 13. The molecule has 0 amide bonds. The lowest BCUT2D eigenvalue weighted by Gasteiger charge is -2.41. The van der Waals surface area contributed by atoms with E-state index in [2.05, 4.69) is 103 Å². The van der Waals surface area contributed by atoms with E-state index in [0.717, 1.165) is 83.5 Å². The van der Waals surface area contributed by atoms with Crippen LogP contribution in [-0.4, -0.2) is 97.5 Å². The molecule has 0 aromatic carbocycles. The Kier molecular flexibility index (Phi) is 37.7. The summed E-state index contributed by atoms with van der Waals surface area (Å²) in [6, 6.07) is 0. The molecule has 0 aromatic heterocycles. The Hall–Kier alpha value is -2.72. The van der Waals surface area contributed by atoms with Crippen LogP contribution in [0.3, 0.4) is 0 Å². The maximum Gasteiger partial charge on any atom is 0.397 e. The van der Waals surface area contributed by atoms with Crippen molar-refractivity contribution in [2.75, 3.05) is 26.4 Å². The highest BCUT2D eigenvalue weighted by Crippen LogP contribution is 2.26. The molecular weight excluding hydrogens is 825 g/mol. The van der Waals surface area contributed by atoms with Crippen molar-refractivity contribution in [3.63, 3.8) is 0 Å². The van der Waals surface area contributed by atoms with Crippen LogP contribution in [0.25, 0.3) is 0 Å². The lowest BCUT2D eigenvalue weighted by Crippen LogP contribution is -2.60. The third-order valence-electron chi connectivity index (χ3n) is 10.3. The molecule has 0 aromatic rings. The van der Waals surface area contributed by atoms with Crippen LogP contribution >= 0.6 is 0 Å². The molecule has 0 saturated carbocycles. The number of allylic oxidation sites excluding steroid dienone is 14. The molecule has 1 fully saturated rings. The highest BCUT2D eigenvalue weighted by molar-refractivity contribution is 7.80. The zero-order valence-corrected chi connectivity index (χ0v) is 39.4. The molecule has 6 atom stereocenters. The minimum Gasteiger partial charge on any atom is -0.457 e. The summed E-state index contributed by atoms with van der Waals surface area (Å²) in [5.41, 5.74) is 0. The van der Waals surface area contributed by atoms with Crippen molar-refractivity contribution in [3.8, 4) is 0 Å². The fraction of sp³-hybridized carbons (Fsp3) is 0.700. The Morgan fingerprint density at radius 1 is 0.619 bits per heavy atom. The Morgan fingerprint density at radius 3 is 1.59 bits per heavy atom. The van der Waals surface area contributed by atoms with Gasteiger partial charge in [-0.3, -0.25) is 9.35 Å². The Balaban J connectivity index is 2.40. The van der Waals surface area contributed by atoms with Gasteiger partial charge in [0.05, 0.1) is 19.8 Å². The quantitative estimate of drug-likeness (QED) is 0.0198. The summed E-state index contributed by atoms with van der Waals surface area (Å²) in [4.78, 5) is 12.9. The maximum atomic E-state index is 12.9. The van der Waals surface area contributed by atoms with Gasteiger partial charge in [-0.15, -0.1) is 0 Å².